The molecule has 0 aromatic heterocycles. The lowest BCUT2D eigenvalue weighted by Gasteiger charge is -2.11. The van der Waals surface area contributed by atoms with E-state index < -0.39 is 16.1 Å². The molecule has 1 unspecified atom stereocenters. The summed E-state index contributed by atoms with van der Waals surface area (Å²) < 4.78 is 31.2. The van der Waals surface area contributed by atoms with Crippen LogP contribution in [-0.4, -0.2) is 32.8 Å². The smallest absolute Gasteiger partial charge is 0.240 e. The van der Waals surface area contributed by atoms with Crippen molar-refractivity contribution < 1.29 is 18.3 Å². The van der Waals surface area contributed by atoms with Crippen molar-refractivity contribution in [3.63, 3.8) is 0 Å². The first-order valence-corrected chi connectivity index (χ1v) is 6.84. The van der Waals surface area contributed by atoms with E-state index in [1.165, 1.54) is 12.1 Å². The van der Waals surface area contributed by atoms with Crippen LogP contribution >= 0.6 is 0 Å². The van der Waals surface area contributed by atoms with Gasteiger partial charge in [0.05, 0.1) is 18.1 Å². The van der Waals surface area contributed by atoms with Crippen molar-refractivity contribution >= 4 is 10.0 Å². The Hall–Kier alpha value is -1.11. The highest BCUT2D eigenvalue weighted by molar-refractivity contribution is 7.89. The fourth-order valence-electron chi connectivity index (χ4n) is 1.25. The second-order valence-electron chi connectivity index (χ2n) is 3.61. The zero-order chi connectivity index (χ0) is 12.9. The minimum absolute atomic E-state index is 0.154. The van der Waals surface area contributed by atoms with Gasteiger partial charge in [-0.05, 0) is 38.1 Å². The van der Waals surface area contributed by atoms with Crippen molar-refractivity contribution in [3.8, 4) is 5.75 Å². The van der Waals surface area contributed by atoms with Crippen LogP contribution < -0.4 is 9.46 Å². The molecule has 2 N–H and O–H groups in total. The van der Waals surface area contributed by atoms with Gasteiger partial charge < -0.3 is 9.84 Å². The third-order valence-corrected chi connectivity index (χ3v) is 3.68. The van der Waals surface area contributed by atoms with Crippen LogP contribution in [0.4, 0.5) is 0 Å². The van der Waals surface area contributed by atoms with Crippen LogP contribution in [0.15, 0.2) is 29.2 Å². The summed E-state index contributed by atoms with van der Waals surface area (Å²) in [6.45, 7) is 3.74. The van der Waals surface area contributed by atoms with Crippen LogP contribution in [0.5, 0.6) is 5.75 Å². The highest BCUT2D eigenvalue weighted by atomic mass is 32.2. The summed E-state index contributed by atoms with van der Waals surface area (Å²) in [5.41, 5.74) is 0. The molecule has 0 spiro atoms. The molecule has 0 bridgehead atoms. The molecular formula is C11H17NO4S. The number of aliphatic hydroxyl groups is 1. The lowest BCUT2D eigenvalue weighted by molar-refractivity contribution is 0.265. The summed E-state index contributed by atoms with van der Waals surface area (Å²) in [6.07, 6.45) is 0. The van der Waals surface area contributed by atoms with Gasteiger partial charge in [-0.15, -0.1) is 0 Å². The van der Waals surface area contributed by atoms with Crippen LogP contribution in [0.25, 0.3) is 0 Å². The van der Waals surface area contributed by atoms with E-state index in [1.54, 1.807) is 19.1 Å². The molecule has 1 rings (SSSR count). The molecule has 1 aromatic carbocycles. The quantitative estimate of drug-likeness (QED) is 0.790. The summed E-state index contributed by atoms with van der Waals surface area (Å²) in [7, 11) is -3.57. The molecule has 96 valence electrons. The number of hydrogen-bond acceptors (Lipinski definition) is 4. The number of aliphatic hydroxyl groups excluding tert-OH is 1. The molecule has 0 heterocycles. The maximum atomic E-state index is 11.8. The molecule has 0 aliphatic heterocycles. The highest BCUT2D eigenvalue weighted by Gasteiger charge is 2.16. The third-order valence-electron chi connectivity index (χ3n) is 2.08. The maximum absolute atomic E-state index is 11.8. The molecule has 0 radical (unpaired) electrons. The van der Waals surface area contributed by atoms with Gasteiger partial charge in [0.2, 0.25) is 10.0 Å². The van der Waals surface area contributed by atoms with Crippen molar-refractivity contribution in [1.82, 2.24) is 4.72 Å². The molecule has 1 atom stereocenters. The van der Waals surface area contributed by atoms with Crippen molar-refractivity contribution in [3.05, 3.63) is 24.3 Å². The topological polar surface area (TPSA) is 75.6 Å². The Bertz CT molecular complexity index is 441. The number of sulfonamides is 1. The second kappa shape index (κ2) is 6.00. The zero-order valence-electron chi connectivity index (χ0n) is 9.88. The summed E-state index contributed by atoms with van der Waals surface area (Å²) in [4.78, 5) is 0.154. The molecule has 0 fully saturated rings. The first-order chi connectivity index (χ1) is 7.99. The van der Waals surface area contributed by atoms with E-state index in [0.717, 1.165) is 0 Å². The lowest BCUT2D eigenvalue weighted by Crippen LogP contribution is -2.34. The van der Waals surface area contributed by atoms with E-state index in [2.05, 4.69) is 4.72 Å². The van der Waals surface area contributed by atoms with Crippen LogP contribution in [0.3, 0.4) is 0 Å². The average molecular weight is 259 g/mol. The molecule has 0 saturated carbocycles. The standard InChI is InChI=1S/C11H17NO4S/c1-3-16-10-4-6-11(7-5-10)17(14,15)12-9(2)8-13/h4-7,9,12-13H,3,8H2,1-2H3. The van der Waals surface area contributed by atoms with Crippen LogP contribution in [0.2, 0.25) is 0 Å². The Kier molecular flexibility index (Phi) is 4.92. The van der Waals surface area contributed by atoms with Gasteiger partial charge >= 0.3 is 0 Å². The molecule has 5 nitrogen and oxygen atoms in total. The molecule has 1 aromatic rings. The monoisotopic (exact) mass is 259 g/mol. The van der Waals surface area contributed by atoms with Gasteiger partial charge in [0.15, 0.2) is 0 Å². The third kappa shape index (κ3) is 3.99. The number of nitrogens with one attached hydrogen (secondary N) is 1. The summed E-state index contributed by atoms with van der Waals surface area (Å²) in [6, 6.07) is 5.63. The number of ether oxygens (including phenoxy) is 1. The van der Waals surface area contributed by atoms with E-state index >= 15 is 0 Å². The molecule has 17 heavy (non-hydrogen) atoms. The Morgan fingerprint density at radius 2 is 1.94 bits per heavy atom. The van der Waals surface area contributed by atoms with Gasteiger partial charge in [-0.2, -0.15) is 0 Å². The van der Waals surface area contributed by atoms with E-state index in [1.807, 2.05) is 6.92 Å². The van der Waals surface area contributed by atoms with Crippen molar-refractivity contribution in [2.24, 2.45) is 0 Å². The van der Waals surface area contributed by atoms with Gasteiger partial charge in [0.1, 0.15) is 5.75 Å². The number of hydrogen-bond donors (Lipinski definition) is 2. The van der Waals surface area contributed by atoms with Crippen molar-refractivity contribution in [2.75, 3.05) is 13.2 Å². The van der Waals surface area contributed by atoms with Gasteiger partial charge in [-0.3, -0.25) is 0 Å². The SMILES string of the molecule is CCOc1ccc(S(=O)(=O)NC(C)CO)cc1. The molecular weight excluding hydrogens is 242 g/mol. The Morgan fingerprint density at radius 3 is 2.41 bits per heavy atom. The maximum Gasteiger partial charge on any atom is 0.240 e. The Labute approximate surface area is 101 Å². The summed E-state index contributed by atoms with van der Waals surface area (Å²) in [5.74, 6) is 0.627. The van der Waals surface area contributed by atoms with E-state index in [9.17, 15) is 8.42 Å². The fourth-order valence-corrected chi connectivity index (χ4v) is 2.49. The van der Waals surface area contributed by atoms with Crippen LogP contribution in [-0.2, 0) is 10.0 Å². The van der Waals surface area contributed by atoms with Crippen LogP contribution in [0, 0.1) is 0 Å². The molecule has 0 aliphatic rings. The molecule has 6 heteroatoms. The van der Waals surface area contributed by atoms with Gasteiger partial charge in [0.25, 0.3) is 0 Å². The normalized spacial score (nSPS) is 13.4. The van der Waals surface area contributed by atoms with E-state index in [-0.39, 0.29) is 11.5 Å². The second-order valence-corrected chi connectivity index (χ2v) is 5.32. The number of benzene rings is 1. The Morgan fingerprint density at radius 1 is 1.35 bits per heavy atom. The molecule has 0 amide bonds. The van der Waals surface area contributed by atoms with Gasteiger partial charge in [-0.25, -0.2) is 13.1 Å². The number of rotatable bonds is 6. The molecule has 0 aliphatic carbocycles. The first kappa shape index (κ1) is 14.0. The predicted molar refractivity (Wildman–Crippen MR) is 64.5 cm³/mol. The summed E-state index contributed by atoms with van der Waals surface area (Å²) in [5, 5.41) is 8.81. The van der Waals surface area contributed by atoms with Crippen molar-refractivity contribution in [1.29, 1.82) is 0 Å². The zero-order valence-corrected chi connectivity index (χ0v) is 10.7. The average Bonchev–Trinajstić information content (AvgIpc) is 2.29. The van der Waals surface area contributed by atoms with E-state index in [4.69, 9.17) is 9.84 Å². The minimum Gasteiger partial charge on any atom is -0.494 e. The lowest BCUT2D eigenvalue weighted by atomic mass is 10.3. The van der Waals surface area contributed by atoms with E-state index in [0.29, 0.717) is 12.4 Å². The molecule has 0 saturated heterocycles. The highest BCUT2D eigenvalue weighted by Crippen LogP contribution is 2.15. The summed E-state index contributed by atoms with van der Waals surface area (Å²) >= 11 is 0. The van der Waals surface area contributed by atoms with Gasteiger partial charge in [-0.1, -0.05) is 0 Å². The minimum atomic E-state index is -3.57. The Balaban J connectivity index is 2.85. The van der Waals surface area contributed by atoms with Crippen molar-refractivity contribution in [2.45, 2.75) is 24.8 Å². The largest absolute Gasteiger partial charge is 0.494 e. The van der Waals surface area contributed by atoms with Gasteiger partial charge in [0, 0.05) is 6.04 Å². The first-order valence-electron chi connectivity index (χ1n) is 5.35. The predicted octanol–water partition coefficient (Wildman–Crippen LogP) is 0.744. The van der Waals surface area contributed by atoms with Crippen LogP contribution in [0.1, 0.15) is 13.8 Å². The fraction of sp³-hybridized carbons (Fsp3) is 0.455.